The van der Waals surface area contributed by atoms with Gasteiger partial charge in [-0.3, -0.25) is 0 Å². The normalized spacial score (nSPS) is 11.6. The first-order valence-corrected chi connectivity index (χ1v) is 14.3. The van der Waals surface area contributed by atoms with Gasteiger partial charge in [0.15, 0.2) is 23.1 Å². The summed E-state index contributed by atoms with van der Waals surface area (Å²) in [4.78, 5) is 23.6. The zero-order valence-electron chi connectivity index (χ0n) is 23.3. The molecule has 7 heteroatoms. The van der Waals surface area contributed by atoms with Crippen molar-refractivity contribution in [1.29, 1.82) is 0 Å². The standard InChI is InChI=1S/C37H22N6O/c1-3-10-23(11-4-1)35-40-36(24-12-5-2-6-13-24)42-37(41-35)25-14-9-15-26(20-25)43-29-17-8-7-16-27(29)28-18-19-30-32(34(28)43)33-31(44-30)21-38-22-39-33/h1-22H. The molecule has 0 saturated heterocycles. The monoisotopic (exact) mass is 566 g/mol. The van der Waals surface area contributed by atoms with Gasteiger partial charge in [0.2, 0.25) is 0 Å². The average Bonchev–Trinajstić information content (AvgIpc) is 3.65. The van der Waals surface area contributed by atoms with Gasteiger partial charge >= 0.3 is 0 Å². The number of benzene rings is 5. The lowest BCUT2D eigenvalue weighted by atomic mass is 10.1. The van der Waals surface area contributed by atoms with Gasteiger partial charge in [-0.1, -0.05) is 91.0 Å². The van der Waals surface area contributed by atoms with E-state index in [2.05, 4.69) is 63.1 Å². The van der Waals surface area contributed by atoms with Crippen molar-refractivity contribution in [3.8, 4) is 39.9 Å². The zero-order valence-corrected chi connectivity index (χ0v) is 23.3. The van der Waals surface area contributed by atoms with E-state index in [0.717, 1.165) is 60.7 Å². The second-order valence-corrected chi connectivity index (χ2v) is 10.6. The van der Waals surface area contributed by atoms with Crippen LogP contribution in [0.3, 0.4) is 0 Å². The van der Waals surface area contributed by atoms with Crippen molar-refractivity contribution in [2.45, 2.75) is 0 Å². The Hall–Kier alpha value is -6.21. The molecule has 7 nitrogen and oxygen atoms in total. The lowest BCUT2D eigenvalue weighted by Gasteiger charge is -2.12. The molecule has 0 aliphatic carbocycles. The molecule has 0 N–H and O–H groups in total. The van der Waals surface area contributed by atoms with Gasteiger partial charge in [-0.2, -0.15) is 0 Å². The van der Waals surface area contributed by atoms with E-state index in [0.29, 0.717) is 23.1 Å². The minimum Gasteiger partial charge on any atom is -0.453 e. The number of rotatable bonds is 4. The predicted molar refractivity (Wildman–Crippen MR) is 173 cm³/mol. The van der Waals surface area contributed by atoms with Gasteiger partial charge in [-0.25, -0.2) is 24.9 Å². The van der Waals surface area contributed by atoms with Crippen molar-refractivity contribution in [3.63, 3.8) is 0 Å². The van der Waals surface area contributed by atoms with Gasteiger partial charge in [0.1, 0.15) is 17.4 Å². The number of furan rings is 1. The van der Waals surface area contributed by atoms with Crippen LogP contribution in [0.25, 0.3) is 83.7 Å². The van der Waals surface area contributed by atoms with E-state index in [1.807, 2.05) is 72.8 Å². The number of hydrogen-bond donors (Lipinski definition) is 0. The molecule has 0 aliphatic heterocycles. The van der Waals surface area contributed by atoms with Gasteiger partial charge in [-0.05, 0) is 30.3 Å². The van der Waals surface area contributed by atoms with Crippen LogP contribution in [-0.4, -0.2) is 29.5 Å². The zero-order chi connectivity index (χ0) is 29.0. The first kappa shape index (κ1) is 24.4. The molecule has 0 fully saturated rings. The Morgan fingerprint density at radius 2 is 1.20 bits per heavy atom. The average molecular weight is 567 g/mol. The molecule has 0 spiro atoms. The Kier molecular flexibility index (Phi) is 5.36. The highest BCUT2D eigenvalue weighted by molar-refractivity contribution is 6.23. The molecule has 9 aromatic rings. The molecular formula is C37H22N6O. The maximum Gasteiger partial charge on any atom is 0.172 e. The summed E-state index contributed by atoms with van der Waals surface area (Å²) in [5, 5.41) is 3.23. The molecule has 5 aromatic carbocycles. The van der Waals surface area contributed by atoms with Crippen molar-refractivity contribution in [2.24, 2.45) is 0 Å². The van der Waals surface area contributed by atoms with Crippen LogP contribution in [0.5, 0.6) is 0 Å². The number of aromatic nitrogens is 6. The largest absolute Gasteiger partial charge is 0.453 e. The summed E-state index contributed by atoms with van der Waals surface area (Å²) in [6.07, 6.45) is 3.29. The molecule has 0 bridgehead atoms. The molecule has 44 heavy (non-hydrogen) atoms. The van der Waals surface area contributed by atoms with Crippen LogP contribution >= 0.6 is 0 Å². The fourth-order valence-corrected chi connectivity index (χ4v) is 6.04. The van der Waals surface area contributed by atoms with Gasteiger partial charge in [-0.15, -0.1) is 0 Å². The van der Waals surface area contributed by atoms with Gasteiger partial charge in [0.25, 0.3) is 0 Å². The number of para-hydroxylation sites is 1. The number of hydrogen-bond acceptors (Lipinski definition) is 6. The number of fused-ring (bicyclic) bond motifs is 7. The highest BCUT2D eigenvalue weighted by Crippen LogP contribution is 2.40. The molecule has 206 valence electrons. The Bertz CT molecular complexity index is 2440. The molecule has 4 aromatic heterocycles. The van der Waals surface area contributed by atoms with Crippen LogP contribution < -0.4 is 0 Å². The van der Waals surface area contributed by atoms with Crippen LogP contribution in [0, 0.1) is 0 Å². The summed E-state index contributed by atoms with van der Waals surface area (Å²) in [5.74, 6) is 1.86. The second-order valence-electron chi connectivity index (χ2n) is 10.6. The summed E-state index contributed by atoms with van der Waals surface area (Å²) in [5.41, 5.74) is 8.07. The highest BCUT2D eigenvalue weighted by atomic mass is 16.3. The summed E-state index contributed by atoms with van der Waals surface area (Å²) in [6, 6.07) is 41.0. The van der Waals surface area contributed by atoms with Crippen molar-refractivity contribution in [2.75, 3.05) is 0 Å². The SMILES string of the molecule is c1ccc(-c2nc(-c3ccccc3)nc(-c3cccc(-n4c5ccccc5c5ccc6oc7cncnc7c6c54)c3)n2)cc1. The fraction of sp³-hybridized carbons (Fsp3) is 0. The molecule has 9 rings (SSSR count). The minimum absolute atomic E-state index is 0.604. The Morgan fingerprint density at radius 1 is 0.545 bits per heavy atom. The maximum atomic E-state index is 6.19. The quantitative estimate of drug-likeness (QED) is 0.212. The lowest BCUT2D eigenvalue weighted by molar-refractivity contribution is 0.666. The van der Waals surface area contributed by atoms with Crippen molar-refractivity contribution < 1.29 is 4.42 Å². The van der Waals surface area contributed by atoms with Crippen LogP contribution in [0.15, 0.2) is 138 Å². The number of nitrogens with zero attached hydrogens (tertiary/aromatic N) is 6. The third-order valence-electron chi connectivity index (χ3n) is 8.00. The van der Waals surface area contributed by atoms with Crippen molar-refractivity contribution >= 4 is 43.9 Å². The first-order chi connectivity index (χ1) is 21.8. The molecule has 0 radical (unpaired) electrons. The lowest BCUT2D eigenvalue weighted by Crippen LogP contribution is -2.01. The van der Waals surface area contributed by atoms with E-state index in [1.54, 1.807) is 12.5 Å². The third kappa shape index (κ3) is 3.80. The van der Waals surface area contributed by atoms with E-state index < -0.39 is 0 Å². The van der Waals surface area contributed by atoms with Gasteiger partial charge in [0, 0.05) is 33.2 Å². The molecule has 0 amide bonds. The molecule has 4 heterocycles. The smallest absolute Gasteiger partial charge is 0.172 e. The summed E-state index contributed by atoms with van der Waals surface area (Å²) in [6.45, 7) is 0. The second kappa shape index (κ2) is 9.68. The molecule has 0 atom stereocenters. The molecule has 0 unspecified atom stereocenters. The Morgan fingerprint density at radius 3 is 1.95 bits per heavy atom. The summed E-state index contributed by atoms with van der Waals surface area (Å²) in [7, 11) is 0. The van der Waals surface area contributed by atoms with E-state index in [9.17, 15) is 0 Å². The van der Waals surface area contributed by atoms with E-state index >= 15 is 0 Å². The minimum atomic E-state index is 0.604. The van der Waals surface area contributed by atoms with Crippen molar-refractivity contribution in [1.82, 2.24) is 29.5 Å². The summed E-state index contributed by atoms with van der Waals surface area (Å²) >= 11 is 0. The highest BCUT2D eigenvalue weighted by Gasteiger charge is 2.20. The predicted octanol–water partition coefficient (Wildman–Crippen LogP) is 8.66. The molecular weight excluding hydrogens is 544 g/mol. The van der Waals surface area contributed by atoms with Crippen LogP contribution in [-0.2, 0) is 0 Å². The summed E-state index contributed by atoms with van der Waals surface area (Å²) < 4.78 is 8.47. The molecule has 0 saturated carbocycles. The van der Waals surface area contributed by atoms with E-state index in [-0.39, 0.29) is 0 Å². The maximum absolute atomic E-state index is 6.19. The third-order valence-corrected chi connectivity index (χ3v) is 8.00. The van der Waals surface area contributed by atoms with E-state index in [1.165, 1.54) is 0 Å². The topological polar surface area (TPSA) is 82.5 Å². The van der Waals surface area contributed by atoms with Crippen LogP contribution in [0.4, 0.5) is 0 Å². The van der Waals surface area contributed by atoms with Crippen molar-refractivity contribution in [3.05, 3.63) is 134 Å². The van der Waals surface area contributed by atoms with Gasteiger partial charge < -0.3 is 8.98 Å². The molecule has 0 aliphatic rings. The van der Waals surface area contributed by atoms with E-state index in [4.69, 9.17) is 19.4 Å². The van der Waals surface area contributed by atoms with Crippen LogP contribution in [0.1, 0.15) is 0 Å². The fourth-order valence-electron chi connectivity index (χ4n) is 6.04. The van der Waals surface area contributed by atoms with Gasteiger partial charge in [0.05, 0.1) is 22.6 Å². The first-order valence-electron chi connectivity index (χ1n) is 14.3. The van der Waals surface area contributed by atoms with Crippen LogP contribution in [0.2, 0.25) is 0 Å². The Balaban J connectivity index is 1.31. The Labute approximate surface area is 251 Å².